The van der Waals surface area contributed by atoms with Gasteiger partial charge in [0.2, 0.25) is 18.2 Å². The maximum absolute atomic E-state index is 10.9. The minimum atomic E-state index is -0.987. The molecule has 0 aromatic carbocycles. The lowest BCUT2D eigenvalue weighted by Gasteiger charge is -2.10. The Kier molecular flexibility index (Phi) is 34.7. The third-order valence-corrected chi connectivity index (χ3v) is 4.21. The lowest BCUT2D eigenvalue weighted by Crippen LogP contribution is -2.24. The molecule has 12 nitrogen and oxygen atoms in total. The molecule has 3 amide bonds. The van der Waals surface area contributed by atoms with Gasteiger partial charge in [0.1, 0.15) is 0 Å². The summed E-state index contributed by atoms with van der Waals surface area (Å²) in [5.74, 6) is -3.28. The number of carbonyl (C=O) groups is 5. The van der Waals surface area contributed by atoms with E-state index in [0.29, 0.717) is 25.8 Å². The summed E-state index contributed by atoms with van der Waals surface area (Å²) < 4.78 is 0. The molecule has 0 unspecified atom stereocenters. The molecule has 0 aliphatic rings. The first-order chi connectivity index (χ1) is 18.0. The molecule has 0 spiro atoms. The van der Waals surface area contributed by atoms with Gasteiger partial charge in [-0.05, 0) is 57.4 Å². The van der Waals surface area contributed by atoms with Gasteiger partial charge >= 0.3 is 11.9 Å². The molecule has 0 radical (unpaired) electrons. The van der Waals surface area contributed by atoms with Gasteiger partial charge in [-0.1, -0.05) is 18.2 Å². The van der Waals surface area contributed by atoms with Crippen LogP contribution in [0, 0.1) is 18.8 Å². The largest absolute Gasteiger partial charge is 0.481 e. The van der Waals surface area contributed by atoms with Crippen molar-refractivity contribution in [3.8, 4) is 12.8 Å². The average molecular weight is 536 g/mol. The highest BCUT2D eigenvalue weighted by Crippen LogP contribution is 2.14. The lowest BCUT2D eigenvalue weighted by molar-refractivity contribution is -0.139. The quantitative estimate of drug-likeness (QED) is 0.0610. The van der Waals surface area contributed by atoms with E-state index in [1.165, 1.54) is 0 Å². The fraction of sp³-hybridized carbons (Fsp3) is 0.423. The zero-order valence-electron chi connectivity index (χ0n) is 21.9. The fourth-order valence-corrected chi connectivity index (χ4v) is 2.41. The van der Waals surface area contributed by atoms with Gasteiger partial charge in [-0.15, -0.1) is 12.8 Å². The number of carbonyl (C=O) groups excluding carboxylic acids is 3. The number of hydrogen-bond donors (Lipinski definition) is 5. The van der Waals surface area contributed by atoms with Crippen molar-refractivity contribution in [2.45, 2.75) is 58.3 Å². The first-order valence-electron chi connectivity index (χ1n) is 11.5. The van der Waals surface area contributed by atoms with Gasteiger partial charge in [0.05, 0.1) is 6.54 Å². The smallest absolute Gasteiger partial charge is 0.303 e. The second-order valence-electron chi connectivity index (χ2n) is 7.09. The number of hydrogen-bond acceptors (Lipinski definition) is 7. The highest BCUT2D eigenvalue weighted by atomic mass is 16.4. The molecule has 0 fully saturated rings. The van der Waals surface area contributed by atoms with Crippen LogP contribution in [0.1, 0.15) is 58.3 Å². The van der Waals surface area contributed by atoms with Gasteiger partial charge in [0, 0.05) is 37.6 Å². The summed E-state index contributed by atoms with van der Waals surface area (Å²) in [6.07, 6.45) is 22.1. The number of allylic oxidation sites excluding steroid dienone is 3. The monoisotopic (exact) mass is 535 g/mol. The van der Waals surface area contributed by atoms with Crippen molar-refractivity contribution >= 4 is 43.1 Å². The molecule has 8 N–H and O–H groups in total. The molecule has 0 aromatic rings. The van der Waals surface area contributed by atoms with Gasteiger partial charge < -0.3 is 27.4 Å². The van der Waals surface area contributed by atoms with Gasteiger partial charge in [0.25, 0.3) is 0 Å². The molecular weight excluding hydrogens is 494 g/mol. The van der Waals surface area contributed by atoms with E-state index in [-0.39, 0.29) is 31.6 Å². The van der Waals surface area contributed by atoms with E-state index in [2.05, 4.69) is 35.3 Å². The Bertz CT molecular complexity index is 831. The first-order valence-corrected chi connectivity index (χ1v) is 11.5. The molecule has 38 heavy (non-hydrogen) atoms. The molecule has 0 aliphatic heterocycles. The molecular formula is C26H41N5O7. The molecule has 0 saturated heterocycles. The molecule has 212 valence electrons. The predicted molar refractivity (Wildman–Crippen MR) is 149 cm³/mol. The number of terminal acetylenes is 1. The summed E-state index contributed by atoms with van der Waals surface area (Å²) in [5.41, 5.74) is 15.4. The lowest BCUT2D eigenvalue weighted by atomic mass is 9.96. The number of carboxylic acids is 2. The summed E-state index contributed by atoms with van der Waals surface area (Å²) >= 11 is 0. The van der Waals surface area contributed by atoms with Crippen LogP contribution in [0.15, 0.2) is 46.1 Å². The number of nitrogens with two attached hydrogens (primary N) is 3. The van der Waals surface area contributed by atoms with Crippen LogP contribution >= 0.6 is 0 Å². The van der Waals surface area contributed by atoms with E-state index in [4.69, 9.17) is 26.5 Å². The van der Waals surface area contributed by atoms with Crippen LogP contribution in [-0.4, -0.2) is 59.9 Å². The zero-order chi connectivity index (χ0) is 30.2. The summed E-state index contributed by atoms with van der Waals surface area (Å²) in [4.78, 5) is 58.2. The number of aliphatic imine (C=N–C) groups is 2. The van der Waals surface area contributed by atoms with E-state index >= 15 is 0 Å². The first kappa shape index (κ1) is 40.6. The molecule has 0 aromatic heterocycles. The van der Waals surface area contributed by atoms with Crippen LogP contribution in [0.25, 0.3) is 0 Å². The Morgan fingerprint density at radius 3 is 2.03 bits per heavy atom. The second-order valence-corrected chi connectivity index (χ2v) is 7.09. The normalized spacial score (nSPS) is 11.2. The average Bonchev–Trinajstić information content (AvgIpc) is 2.86. The Hall–Kier alpha value is -4.53. The topological polar surface area (TPSA) is 229 Å². The van der Waals surface area contributed by atoms with Crippen LogP contribution in [0.3, 0.4) is 0 Å². The van der Waals surface area contributed by atoms with Crippen molar-refractivity contribution in [2.75, 3.05) is 6.54 Å². The van der Waals surface area contributed by atoms with E-state index < -0.39 is 23.8 Å². The molecule has 12 heteroatoms. The number of unbranched alkanes of at least 4 members (excludes halogenated alkanes) is 1. The van der Waals surface area contributed by atoms with Gasteiger partial charge in [0.15, 0.2) is 0 Å². The highest BCUT2D eigenvalue weighted by molar-refractivity contribution is 5.77. The Labute approximate surface area is 224 Å². The van der Waals surface area contributed by atoms with E-state index in [0.717, 1.165) is 18.4 Å². The van der Waals surface area contributed by atoms with Crippen LogP contribution in [0.4, 0.5) is 0 Å². The van der Waals surface area contributed by atoms with E-state index in [9.17, 15) is 19.2 Å². The van der Waals surface area contributed by atoms with Crippen molar-refractivity contribution < 1.29 is 34.2 Å². The standard InChI is InChI=1S/C14H21N3O.C9H15NO5.C2H2.CH3NO/c1-3-13(12-17-11-7-10-16-2)8-5-4-6-9-14(15)18;10-9(15)6(4-5-8(13)14)2-1-3-7(11)12;1-2;2-1-3/h3,5,7-8,10-11H,2,4,6,9,12H2,1H3,(H2,15,18);6H,1-5H2,(H2,10,15)(H,11,12)(H,13,14);1-2H;1H,(H2,2,3)/b8-5-,10-7-,13-3+,17-11?;;;/t;6-;;/m.0../s1. The van der Waals surface area contributed by atoms with Gasteiger partial charge in [-0.25, -0.2) is 0 Å². The fourth-order valence-electron chi connectivity index (χ4n) is 2.41. The summed E-state index contributed by atoms with van der Waals surface area (Å²) in [5, 5.41) is 16.8. The Morgan fingerprint density at radius 2 is 1.58 bits per heavy atom. The van der Waals surface area contributed by atoms with Crippen molar-refractivity contribution in [3.63, 3.8) is 0 Å². The Balaban J connectivity index is -0.000000262. The number of aliphatic carboxylic acids is 2. The van der Waals surface area contributed by atoms with Crippen LogP contribution in [0.2, 0.25) is 0 Å². The molecule has 1 atom stereocenters. The number of nitrogens with zero attached hydrogens (tertiary/aromatic N) is 2. The minimum Gasteiger partial charge on any atom is -0.481 e. The second kappa shape index (κ2) is 32.5. The SMILES string of the molecule is C#C.C=N/C=C\C=NCC(/C=C\CCCC(N)=O)=C/C.NC(=O)[C@@H](CCCC(=O)O)CCC(=O)O.NC=O. The van der Waals surface area contributed by atoms with E-state index in [1.54, 1.807) is 18.5 Å². The zero-order valence-corrected chi connectivity index (χ0v) is 21.9. The van der Waals surface area contributed by atoms with Crippen LogP contribution < -0.4 is 17.2 Å². The number of carboxylic acid groups (broad SMARTS) is 2. The van der Waals surface area contributed by atoms with Crippen LogP contribution in [-0.2, 0) is 24.0 Å². The molecule has 0 rings (SSSR count). The number of amides is 3. The third-order valence-electron chi connectivity index (χ3n) is 4.21. The molecule has 0 saturated carbocycles. The number of rotatable bonds is 17. The highest BCUT2D eigenvalue weighted by Gasteiger charge is 2.16. The van der Waals surface area contributed by atoms with Gasteiger partial charge in [-0.3, -0.25) is 34.0 Å². The van der Waals surface area contributed by atoms with Gasteiger partial charge in [-0.2, -0.15) is 0 Å². The molecule has 0 heterocycles. The van der Waals surface area contributed by atoms with Crippen molar-refractivity contribution in [1.82, 2.24) is 0 Å². The Morgan fingerprint density at radius 1 is 1.00 bits per heavy atom. The maximum atomic E-state index is 10.9. The minimum absolute atomic E-state index is 0.0309. The van der Waals surface area contributed by atoms with Crippen molar-refractivity contribution in [1.29, 1.82) is 0 Å². The summed E-state index contributed by atoms with van der Waals surface area (Å²) in [6.45, 7) is 5.93. The third kappa shape index (κ3) is 38.7. The predicted octanol–water partition coefficient (Wildman–Crippen LogP) is 1.99. The summed E-state index contributed by atoms with van der Waals surface area (Å²) in [7, 11) is 0. The molecule has 0 aliphatic carbocycles. The molecule has 0 bridgehead atoms. The van der Waals surface area contributed by atoms with E-state index in [1.807, 2.05) is 25.2 Å². The van der Waals surface area contributed by atoms with Crippen LogP contribution in [0.5, 0.6) is 0 Å². The number of primary amides is 3. The van der Waals surface area contributed by atoms with Crippen molar-refractivity contribution in [3.05, 3.63) is 36.1 Å². The summed E-state index contributed by atoms with van der Waals surface area (Å²) in [6, 6.07) is 0. The van der Waals surface area contributed by atoms with Crippen molar-refractivity contribution in [2.24, 2.45) is 33.1 Å². The maximum Gasteiger partial charge on any atom is 0.303 e.